The largest absolute Gasteiger partial charge is 0.343 e. The summed E-state index contributed by atoms with van der Waals surface area (Å²) in [6.07, 6.45) is 3.16. The van der Waals surface area contributed by atoms with Crippen LogP contribution >= 0.6 is 0 Å². The number of likely N-dealkylation sites (tertiary alicyclic amines) is 1. The molecule has 4 heteroatoms. The predicted octanol–water partition coefficient (Wildman–Crippen LogP) is 2.73. The highest BCUT2D eigenvalue weighted by molar-refractivity contribution is 5.96. The van der Waals surface area contributed by atoms with Gasteiger partial charge in [-0.1, -0.05) is 30.3 Å². The van der Waals surface area contributed by atoms with Crippen molar-refractivity contribution in [2.24, 2.45) is 5.92 Å². The maximum absolute atomic E-state index is 12.3. The Morgan fingerprint density at radius 2 is 1.70 bits per heavy atom. The first-order valence-corrected chi connectivity index (χ1v) is 8.73. The first-order chi connectivity index (χ1) is 11.1. The van der Waals surface area contributed by atoms with Gasteiger partial charge in [0.1, 0.15) is 6.42 Å². The van der Waals surface area contributed by atoms with E-state index in [2.05, 4.69) is 24.3 Å². The van der Waals surface area contributed by atoms with Crippen LogP contribution in [0.4, 0.5) is 0 Å². The van der Waals surface area contributed by atoms with E-state index in [1.165, 1.54) is 5.56 Å². The zero-order valence-corrected chi connectivity index (χ0v) is 14.3. The molecule has 1 fully saturated rings. The molecule has 0 saturated carbocycles. The van der Waals surface area contributed by atoms with Gasteiger partial charge in [0.25, 0.3) is 0 Å². The van der Waals surface area contributed by atoms with Crippen LogP contribution in [0.25, 0.3) is 0 Å². The summed E-state index contributed by atoms with van der Waals surface area (Å²) in [7, 11) is 0. The van der Waals surface area contributed by atoms with Crippen molar-refractivity contribution in [1.29, 1.82) is 0 Å². The number of piperidine rings is 1. The fourth-order valence-corrected chi connectivity index (χ4v) is 3.26. The number of nitrogens with zero attached hydrogens (tertiary/aromatic N) is 2. The van der Waals surface area contributed by atoms with Gasteiger partial charge >= 0.3 is 0 Å². The Kier molecular flexibility index (Phi) is 6.63. The topological polar surface area (TPSA) is 40.6 Å². The lowest BCUT2D eigenvalue weighted by atomic mass is 9.90. The minimum absolute atomic E-state index is 0.0138. The van der Waals surface area contributed by atoms with Crippen LogP contribution in [0.2, 0.25) is 0 Å². The number of carbonyl (C=O) groups is 2. The van der Waals surface area contributed by atoms with E-state index in [-0.39, 0.29) is 18.2 Å². The molecule has 1 aromatic carbocycles. The van der Waals surface area contributed by atoms with Crippen LogP contribution in [0.3, 0.4) is 0 Å². The molecule has 2 rings (SSSR count). The van der Waals surface area contributed by atoms with Gasteiger partial charge in [-0.25, -0.2) is 0 Å². The van der Waals surface area contributed by atoms with Crippen LogP contribution in [0, 0.1) is 5.92 Å². The first kappa shape index (κ1) is 17.5. The Morgan fingerprint density at radius 3 is 2.26 bits per heavy atom. The Bertz CT molecular complexity index is 503. The molecular formula is C19H28N2O2. The number of carbonyl (C=O) groups excluding carboxylic acids is 2. The Balaban J connectivity index is 1.77. The third-order valence-electron chi connectivity index (χ3n) is 4.75. The lowest BCUT2D eigenvalue weighted by Gasteiger charge is -2.32. The number of benzene rings is 1. The molecule has 126 valence electrons. The molecule has 1 heterocycles. The van der Waals surface area contributed by atoms with Crippen molar-refractivity contribution >= 4 is 11.8 Å². The maximum atomic E-state index is 12.3. The quantitative estimate of drug-likeness (QED) is 0.757. The van der Waals surface area contributed by atoms with Crippen molar-refractivity contribution in [3.63, 3.8) is 0 Å². The fourth-order valence-electron chi connectivity index (χ4n) is 3.26. The molecule has 0 unspecified atom stereocenters. The zero-order chi connectivity index (χ0) is 16.7. The second kappa shape index (κ2) is 8.70. The van der Waals surface area contributed by atoms with E-state index in [0.717, 1.165) is 32.4 Å². The van der Waals surface area contributed by atoms with Gasteiger partial charge < -0.3 is 9.80 Å². The lowest BCUT2D eigenvalue weighted by Crippen LogP contribution is -2.42. The van der Waals surface area contributed by atoms with Gasteiger partial charge in [0, 0.05) is 26.2 Å². The molecule has 0 radical (unpaired) electrons. The van der Waals surface area contributed by atoms with Crippen LogP contribution in [0.15, 0.2) is 30.3 Å². The van der Waals surface area contributed by atoms with Crippen LogP contribution in [-0.2, 0) is 16.0 Å². The first-order valence-electron chi connectivity index (χ1n) is 8.73. The fraction of sp³-hybridized carbons (Fsp3) is 0.579. The van der Waals surface area contributed by atoms with Crippen molar-refractivity contribution in [3.05, 3.63) is 35.9 Å². The lowest BCUT2D eigenvalue weighted by molar-refractivity contribution is -0.141. The molecule has 0 N–H and O–H groups in total. The van der Waals surface area contributed by atoms with Gasteiger partial charge in [0.2, 0.25) is 11.8 Å². The van der Waals surface area contributed by atoms with Crippen LogP contribution in [0.1, 0.15) is 38.7 Å². The SMILES string of the molecule is CCN(CC)C(=O)CC(=O)N1CCC(Cc2ccccc2)CC1. The molecule has 1 aliphatic heterocycles. The van der Waals surface area contributed by atoms with E-state index in [4.69, 9.17) is 0 Å². The Labute approximate surface area is 139 Å². The van der Waals surface area contributed by atoms with E-state index >= 15 is 0 Å². The number of hydrogen-bond donors (Lipinski definition) is 0. The number of amides is 2. The molecule has 23 heavy (non-hydrogen) atoms. The smallest absolute Gasteiger partial charge is 0.232 e. The van der Waals surface area contributed by atoms with E-state index in [0.29, 0.717) is 19.0 Å². The van der Waals surface area contributed by atoms with Gasteiger partial charge in [-0.05, 0) is 44.6 Å². The zero-order valence-electron chi connectivity index (χ0n) is 14.3. The minimum atomic E-state index is -0.0496. The van der Waals surface area contributed by atoms with Crippen molar-refractivity contribution < 1.29 is 9.59 Å². The summed E-state index contributed by atoms with van der Waals surface area (Å²) >= 11 is 0. The second-order valence-electron chi connectivity index (χ2n) is 6.26. The molecule has 0 bridgehead atoms. The average Bonchev–Trinajstić information content (AvgIpc) is 2.57. The normalized spacial score (nSPS) is 15.5. The van der Waals surface area contributed by atoms with E-state index in [9.17, 15) is 9.59 Å². The summed E-state index contributed by atoms with van der Waals surface area (Å²) < 4.78 is 0. The Hall–Kier alpha value is -1.84. The summed E-state index contributed by atoms with van der Waals surface area (Å²) in [4.78, 5) is 27.9. The van der Waals surface area contributed by atoms with Crippen molar-refractivity contribution in [2.45, 2.75) is 39.5 Å². The van der Waals surface area contributed by atoms with Crippen molar-refractivity contribution in [1.82, 2.24) is 9.80 Å². The summed E-state index contributed by atoms with van der Waals surface area (Å²) in [5.74, 6) is 0.575. The second-order valence-corrected chi connectivity index (χ2v) is 6.26. The monoisotopic (exact) mass is 316 g/mol. The number of hydrogen-bond acceptors (Lipinski definition) is 2. The summed E-state index contributed by atoms with van der Waals surface area (Å²) in [5, 5.41) is 0. The van der Waals surface area contributed by atoms with Crippen LogP contribution in [-0.4, -0.2) is 47.8 Å². The van der Waals surface area contributed by atoms with Crippen molar-refractivity contribution in [2.75, 3.05) is 26.2 Å². The van der Waals surface area contributed by atoms with Crippen LogP contribution < -0.4 is 0 Å². The van der Waals surface area contributed by atoms with Gasteiger partial charge in [0.05, 0.1) is 0 Å². The minimum Gasteiger partial charge on any atom is -0.343 e. The van der Waals surface area contributed by atoms with Gasteiger partial charge in [-0.2, -0.15) is 0 Å². The molecule has 1 saturated heterocycles. The average molecular weight is 316 g/mol. The molecule has 0 spiro atoms. The highest BCUT2D eigenvalue weighted by atomic mass is 16.2. The molecule has 0 atom stereocenters. The van der Waals surface area contributed by atoms with Gasteiger partial charge in [-0.15, -0.1) is 0 Å². The molecule has 4 nitrogen and oxygen atoms in total. The summed E-state index contributed by atoms with van der Waals surface area (Å²) in [6, 6.07) is 10.5. The molecular weight excluding hydrogens is 288 g/mol. The molecule has 1 aromatic rings. The van der Waals surface area contributed by atoms with Crippen molar-refractivity contribution in [3.8, 4) is 0 Å². The molecule has 2 amide bonds. The maximum Gasteiger partial charge on any atom is 0.232 e. The highest BCUT2D eigenvalue weighted by Crippen LogP contribution is 2.22. The van der Waals surface area contributed by atoms with Crippen LogP contribution in [0.5, 0.6) is 0 Å². The van der Waals surface area contributed by atoms with E-state index in [1.54, 1.807) is 4.90 Å². The van der Waals surface area contributed by atoms with Gasteiger partial charge in [-0.3, -0.25) is 9.59 Å². The molecule has 0 aliphatic carbocycles. The standard InChI is InChI=1S/C19H28N2O2/c1-3-20(4-2)18(22)15-19(23)21-12-10-17(11-13-21)14-16-8-6-5-7-9-16/h5-9,17H,3-4,10-15H2,1-2H3. The summed E-state index contributed by atoms with van der Waals surface area (Å²) in [6.45, 7) is 6.79. The Morgan fingerprint density at radius 1 is 1.09 bits per heavy atom. The third-order valence-corrected chi connectivity index (χ3v) is 4.75. The van der Waals surface area contributed by atoms with E-state index in [1.807, 2.05) is 24.8 Å². The van der Waals surface area contributed by atoms with E-state index < -0.39 is 0 Å². The third kappa shape index (κ3) is 5.08. The predicted molar refractivity (Wildman–Crippen MR) is 92.0 cm³/mol. The van der Waals surface area contributed by atoms with Gasteiger partial charge in [0.15, 0.2) is 0 Å². The molecule has 0 aromatic heterocycles. The highest BCUT2D eigenvalue weighted by Gasteiger charge is 2.25. The molecule has 1 aliphatic rings. The summed E-state index contributed by atoms with van der Waals surface area (Å²) in [5.41, 5.74) is 1.37. The number of rotatable bonds is 6.